The predicted octanol–water partition coefficient (Wildman–Crippen LogP) is 6.08. The number of nitrogens with zero attached hydrogens (tertiary/aromatic N) is 4. The van der Waals surface area contributed by atoms with E-state index in [9.17, 15) is 36.0 Å². The van der Waals surface area contributed by atoms with Crippen LogP contribution in [0.25, 0.3) is 11.1 Å². The highest BCUT2D eigenvalue weighted by atomic mass is 32.2. The van der Waals surface area contributed by atoms with Crippen molar-refractivity contribution in [3.8, 4) is 11.1 Å². The lowest BCUT2D eigenvalue weighted by Crippen LogP contribution is -2.59. The minimum Gasteiger partial charge on any atom is -0.342 e. The third-order valence-corrected chi connectivity index (χ3v) is 18.7. The van der Waals surface area contributed by atoms with Crippen molar-refractivity contribution in [2.45, 2.75) is 140 Å². The molecule has 2 fully saturated rings. The van der Waals surface area contributed by atoms with Crippen molar-refractivity contribution in [1.29, 1.82) is 0 Å². The molecular weight excluding hydrogens is 1000 g/mol. The second kappa shape index (κ2) is 25.8. The summed E-state index contributed by atoms with van der Waals surface area (Å²) in [4.78, 5) is 58.5. The summed E-state index contributed by atoms with van der Waals surface area (Å²) in [7, 11) is -4.85. The van der Waals surface area contributed by atoms with Crippen molar-refractivity contribution in [1.82, 2.24) is 39.7 Å². The molecule has 0 spiro atoms. The molecule has 0 bridgehead atoms. The Morgan fingerprint density at radius 2 is 0.868 bits per heavy atom. The number of nitrogens with one attached hydrogen (secondary N) is 4. The van der Waals surface area contributed by atoms with Gasteiger partial charge < -0.3 is 31.1 Å². The summed E-state index contributed by atoms with van der Waals surface area (Å²) in [5.74, 6) is -1.07. The fourth-order valence-corrected chi connectivity index (χ4v) is 12.8. The molecule has 4 aromatic rings. The predicted molar refractivity (Wildman–Crippen MR) is 299 cm³/mol. The summed E-state index contributed by atoms with van der Waals surface area (Å²) in [6, 6.07) is 28.9. The highest BCUT2D eigenvalue weighted by molar-refractivity contribution is 7.89. The number of likely N-dealkylation sites (tertiary alicyclic amines) is 2. The van der Waals surface area contributed by atoms with Crippen LogP contribution in [0.1, 0.15) is 92.2 Å². The van der Waals surface area contributed by atoms with Crippen LogP contribution in [0.3, 0.4) is 0 Å². The van der Waals surface area contributed by atoms with Crippen LogP contribution in [0.5, 0.6) is 0 Å². The minimum atomic E-state index is -4.11. The number of likely N-dealkylation sites (N-methyl/N-ethyl adjacent to an activating group) is 2. The third-order valence-electron chi connectivity index (χ3n) is 14.9. The molecule has 2 saturated heterocycles. The molecular formula is C58H82N8O8S2. The summed E-state index contributed by atoms with van der Waals surface area (Å²) >= 11 is 0. The van der Waals surface area contributed by atoms with Crippen molar-refractivity contribution in [2.24, 2.45) is 10.8 Å². The first kappa shape index (κ1) is 59.7. The summed E-state index contributed by atoms with van der Waals surface area (Å²) in [5.41, 5.74) is 2.07. The number of carbonyl (C=O) groups is 4. The molecule has 4 amide bonds. The van der Waals surface area contributed by atoms with Gasteiger partial charge in [-0.2, -0.15) is 8.61 Å². The summed E-state index contributed by atoms with van der Waals surface area (Å²) in [5, 5.41) is 11.8. The second-order valence-corrected chi connectivity index (χ2v) is 26.4. The molecule has 6 rings (SSSR count). The number of carbonyl (C=O) groups excluding carboxylic acids is 4. The van der Waals surface area contributed by atoms with Crippen LogP contribution in [-0.2, 0) is 52.1 Å². The van der Waals surface area contributed by atoms with Gasteiger partial charge in [0.15, 0.2) is 0 Å². The largest absolute Gasteiger partial charge is 0.342 e. The zero-order valence-corrected chi connectivity index (χ0v) is 47.8. The highest BCUT2D eigenvalue weighted by Crippen LogP contribution is 2.32. The number of benzene rings is 4. The lowest BCUT2D eigenvalue weighted by Gasteiger charge is -2.37. The lowest BCUT2D eigenvalue weighted by molar-refractivity contribution is -0.140. The quantitative estimate of drug-likeness (QED) is 0.0676. The van der Waals surface area contributed by atoms with E-state index in [1.54, 1.807) is 86.3 Å². The molecule has 6 atom stereocenters. The summed E-state index contributed by atoms with van der Waals surface area (Å²) in [6.45, 7) is 16.2. The van der Waals surface area contributed by atoms with Crippen molar-refractivity contribution in [2.75, 3.05) is 53.4 Å². The minimum absolute atomic E-state index is 0.0692. The smallest absolute Gasteiger partial charge is 0.245 e. The Kier molecular flexibility index (Phi) is 20.3. The fourth-order valence-electron chi connectivity index (χ4n) is 9.88. The Morgan fingerprint density at radius 1 is 0.539 bits per heavy atom. The van der Waals surface area contributed by atoms with Crippen LogP contribution in [0, 0.1) is 10.8 Å². The van der Waals surface area contributed by atoms with Gasteiger partial charge in [-0.05, 0) is 124 Å². The first-order chi connectivity index (χ1) is 35.9. The van der Waals surface area contributed by atoms with Gasteiger partial charge in [0.25, 0.3) is 0 Å². The summed E-state index contributed by atoms with van der Waals surface area (Å²) in [6.07, 6.45) is 3.49. The molecule has 0 unspecified atom stereocenters. The van der Waals surface area contributed by atoms with Gasteiger partial charge in [0, 0.05) is 51.4 Å². The maximum atomic E-state index is 14.8. The van der Waals surface area contributed by atoms with Gasteiger partial charge in [0.1, 0.15) is 12.1 Å². The van der Waals surface area contributed by atoms with Gasteiger partial charge in [0.2, 0.25) is 43.7 Å². The number of rotatable bonds is 23. The van der Waals surface area contributed by atoms with Crippen LogP contribution in [-0.4, -0.2) is 148 Å². The SMILES string of the molecule is CN[C@@H](C)C(=O)N[C@H](C(=O)N1CCC[C@@H]1CN(CCc1ccccc1)S(=O)(=O)c1ccc(-c2ccc(S(=O)(=O)N(CCc3ccccc3)C[C@@H]3CCCN3C(=O)[C@@H](NC(=O)[C@H](C)NC)C(C)(C)C)cc2)cc1)C(C)(C)C. The van der Waals surface area contributed by atoms with E-state index in [0.717, 1.165) is 11.1 Å². The zero-order chi connectivity index (χ0) is 55.6. The fraction of sp³-hybridized carbons (Fsp3) is 0.517. The summed E-state index contributed by atoms with van der Waals surface area (Å²) < 4.78 is 62.0. The molecule has 0 saturated carbocycles. The van der Waals surface area contributed by atoms with Crippen molar-refractivity contribution < 1.29 is 36.0 Å². The lowest BCUT2D eigenvalue weighted by atomic mass is 9.85. The Bertz CT molecular complexity index is 2610. The molecule has 16 nitrogen and oxygen atoms in total. The normalized spacial score (nSPS) is 18.1. The monoisotopic (exact) mass is 1080 g/mol. The van der Waals surface area contributed by atoms with Gasteiger partial charge in [-0.15, -0.1) is 0 Å². The van der Waals surface area contributed by atoms with Crippen LogP contribution < -0.4 is 21.3 Å². The maximum Gasteiger partial charge on any atom is 0.245 e. The van der Waals surface area contributed by atoms with E-state index in [1.165, 1.54) is 8.61 Å². The van der Waals surface area contributed by atoms with Crippen molar-refractivity contribution in [3.05, 3.63) is 120 Å². The molecule has 2 aliphatic heterocycles. The molecule has 76 heavy (non-hydrogen) atoms. The van der Waals surface area contributed by atoms with Crippen LogP contribution in [0.2, 0.25) is 0 Å². The van der Waals surface area contributed by atoms with E-state index in [-0.39, 0.29) is 59.6 Å². The maximum absolute atomic E-state index is 14.8. The Hall–Kier alpha value is -5.50. The Labute approximate surface area is 452 Å². The molecule has 0 radical (unpaired) electrons. The Morgan fingerprint density at radius 3 is 1.17 bits per heavy atom. The molecule has 0 aromatic heterocycles. The molecule has 2 heterocycles. The van der Waals surface area contributed by atoms with Crippen LogP contribution in [0.15, 0.2) is 119 Å². The van der Waals surface area contributed by atoms with Gasteiger partial charge in [-0.25, -0.2) is 16.8 Å². The van der Waals surface area contributed by atoms with Gasteiger partial charge in [0.05, 0.1) is 21.9 Å². The topological polar surface area (TPSA) is 198 Å². The van der Waals surface area contributed by atoms with Crippen LogP contribution in [0.4, 0.5) is 0 Å². The zero-order valence-electron chi connectivity index (χ0n) is 46.2. The molecule has 18 heteroatoms. The highest BCUT2D eigenvalue weighted by Gasteiger charge is 2.43. The van der Waals surface area contributed by atoms with Gasteiger partial charge in [-0.1, -0.05) is 126 Å². The average molecular weight is 1080 g/mol. The number of amides is 4. The first-order valence-corrected chi connectivity index (χ1v) is 29.6. The van der Waals surface area contributed by atoms with Crippen molar-refractivity contribution >= 4 is 43.7 Å². The molecule has 4 aromatic carbocycles. The van der Waals surface area contributed by atoms with Crippen LogP contribution >= 0.6 is 0 Å². The number of hydrogen-bond donors (Lipinski definition) is 4. The van der Waals surface area contributed by atoms with E-state index >= 15 is 0 Å². The molecule has 2 aliphatic rings. The number of hydrogen-bond acceptors (Lipinski definition) is 10. The van der Waals surface area contributed by atoms with E-state index < -0.39 is 67.1 Å². The molecule has 0 aliphatic carbocycles. The standard InChI is InChI=1S/C58H82N8O8S2/c1-41(59-9)53(67)61-51(57(3,4)5)55(69)65-35-17-23-47(65)39-63(37-33-43-19-13-11-14-20-43)75(71,72)49-29-25-45(26-30-49)46-27-31-50(32-28-46)76(73,74)64(38-34-44-21-15-12-16-22-44)40-48-24-18-36-66(48)56(70)52(58(6,7)8)62-54(68)42(2)60-10/h11-16,19-22,25-32,41-42,47-48,51-52,59-60H,17-18,23-24,33-40H2,1-10H3,(H,61,67)(H,62,68)/t41-,42-,47-,48+,51+,52+/m0/s1. The van der Waals surface area contributed by atoms with E-state index in [0.29, 0.717) is 62.7 Å². The van der Waals surface area contributed by atoms with E-state index in [2.05, 4.69) is 21.3 Å². The third kappa shape index (κ3) is 14.9. The Balaban J connectivity index is 1.23. The van der Waals surface area contributed by atoms with E-state index in [1.807, 2.05) is 102 Å². The van der Waals surface area contributed by atoms with Crippen molar-refractivity contribution in [3.63, 3.8) is 0 Å². The van der Waals surface area contributed by atoms with Gasteiger partial charge in [-0.3, -0.25) is 19.2 Å². The average Bonchev–Trinajstić information content (AvgIpc) is 4.08. The molecule has 414 valence electrons. The van der Waals surface area contributed by atoms with E-state index in [4.69, 9.17) is 0 Å². The number of sulfonamides is 2. The van der Waals surface area contributed by atoms with Gasteiger partial charge >= 0.3 is 0 Å². The first-order valence-electron chi connectivity index (χ1n) is 26.7. The molecule has 4 N–H and O–H groups in total. The second-order valence-electron chi connectivity index (χ2n) is 22.5.